The lowest BCUT2D eigenvalue weighted by atomic mass is 10.1. The van der Waals surface area contributed by atoms with Gasteiger partial charge in [0.1, 0.15) is 12.9 Å². The van der Waals surface area contributed by atoms with Gasteiger partial charge in [0.05, 0.1) is 6.33 Å². The van der Waals surface area contributed by atoms with Crippen molar-refractivity contribution < 1.29 is 4.52 Å². The van der Waals surface area contributed by atoms with E-state index in [-0.39, 0.29) is 12.1 Å². The van der Waals surface area contributed by atoms with Crippen molar-refractivity contribution in [3.05, 3.63) is 64.0 Å². The molecule has 4 heterocycles. The molecule has 1 saturated carbocycles. The highest BCUT2D eigenvalue weighted by Gasteiger charge is 2.58. The van der Waals surface area contributed by atoms with Gasteiger partial charge in [0.15, 0.2) is 17.0 Å². The van der Waals surface area contributed by atoms with Crippen molar-refractivity contribution in [2.45, 2.75) is 31.7 Å². The van der Waals surface area contributed by atoms with Crippen LogP contribution >= 0.6 is 0 Å². The molecule has 2 aliphatic carbocycles. The topological polar surface area (TPSA) is 94.9 Å². The van der Waals surface area contributed by atoms with E-state index in [1.54, 1.807) is 17.9 Å². The summed E-state index contributed by atoms with van der Waals surface area (Å²) in [7, 11) is 1.78. The molecule has 0 amide bonds. The zero-order chi connectivity index (χ0) is 21.4. The smallest absolute Gasteiger partial charge is 0.280 e. The lowest BCUT2D eigenvalue weighted by Crippen LogP contribution is -2.24. The van der Waals surface area contributed by atoms with E-state index in [0.29, 0.717) is 34.8 Å². The first-order valence-electron chi connectivity index (χ1n) is 11.2. The van der Waals surface area contributed by atoms with Crippen LogP contribution in [0.25, 0.3) is 11.2 Å². The molecular weight excluding hydrogens is 406 g/mol. The molecule has 9 nitrogen and oxygen atoms in total. The predicted octanol–water partition coefficient (Wildman–Crippen LogP) is 1.90. The average Bonchev–Trinajstić information content (AvgIpc) is 3.38. The highest BCUT2D eigenvalue weighted by molar-refractivity contribution is 5.68. The van der Waals surface area contributed by atoms with E-state index in [0.717, 1.165) is 18.9 Å². The van der Waals surface area contributed by atoms with E-state index in [9.17, 15) is 4.79 Å². The second-order valence-corrected chi connectivity index (χ2v) is 9.32. The summed E-state index contributed by atoms with van der Waals surface area (Å²) in [6.45, 7) is 2.29. The van der Waals surface area contributed by atoms with E-state index in [1.807, 2.05) is 0 Å². The van der Waals surface area contributed by atoms with Crippen molar-refractivity contribution in [2.24, 2.45) is 18.9 Å². The summed E-state index contributed by atoms with van der Waals surface area (Å²) in [5.41, 5.74) is 5.14. The van der Waals surface area contributed by atoms with Crippen molar-refractivity contribution >= 4 is 16.9 Å². The monoisotopic (exact) mass is 429 g/mol. The maximum Gasteiger partial charge on any atom is 0.280 e. The number of hydrogen-bond donors (Lipinski definition) is 0. The fraction of sp³-hybridized carbons (Fsp3) is 0.435. The van der Waals surface area contributed by atoms with Crippen LogP contribution in [-0.2, 0) is 26.4 Å². The number of hydrogen-bond acceptors (Lipinski definition) is 7. The third-order valence-electron chi connectivity index (χ3n) is 7.43. The van der Waals surface area contributed by atoms with Crippen molar-refractivity contribution in [3.63, 3.8) is 0 Å². The van der Waals surface area contributed by atoms with Gasteiger partial charge in [0.25, 0.3) is 5.56 Å². The molecule has 32 heavy (non-hydrogen) atoms. The van der Waals surface area contributed by atoms with Gasteiger partial charge in [-0.3, -0.25) is 9.36 Å². The van der Waals surface area contributed by atoms with Crippen LogP contribution in [0.1, 0.15) is 35.2 Å². The van der Waals surface area contributed by atoms with Crippen LogP contribution in [0, 0.1) is 11.8 Å². The third kappa shape index (κ3) is 2.66. The first kappa shape index (κ1) is 18.1. The van der Waals surface area contributed by atoms with Crippen LogP contribution in [0.4, 0.5) is 5.69 Å². The van der Waals surface area contributed by atoms with Gasteiger partial charge in [-0.1, -0.05) is 11.2 Å². The fourth-order valence-corrected chi connectivity index (χ4v) is 5.67. The molecule has 9 heteroatoms. The normalized spacial score (nSPS) is 23.7. The average molecular weight is 429 g/mol. The van der Waals surface area contributed by atoms with E-state index in [4.69, 9.17) is 4.52 Å². The Morgan fingerprint density at radius 1 is 1.09 bits per heavy atom. The summed E-state index contributed by atoms with van der Waals surface area (Å²) in [5, 5.41) is 4.24. The molecule has 1 unspecified atom stereocenters. The number of piperidine rings is 1. The molecule has 1 aromatic carbocycles. The Hall–Kier alpha value is -3.49. The van der Waals surface area contributed by atoms with Gasteiger partial charge in [0, 0.05) is 31.7 Å². The van der Waals surface area contributed by atoms with Crippen LogP contribution in [0.2, 0.25) is 0 Å². The highest BCUT2D eigenvalue weighted by atomic mass is 16.5. The Labute approximate surface area is 183 Å². The lowest BCUT2D eigenvalue weighted by Gasteiger charge is -2.22. The molecule has 4 aromatic rings. The first-order chi connectivity index (χ1) is 15.7. The Balaban J connectivity index is 1.06. The molecule has 0 bridgehead atoms. The van der Waals surface area contributed by atoms with E-state index >= 15 is 0 Å². The van der Waals surface area contributed by atoms with Gasteiger partial charge in [0.2, 0.25) is 5.89 Å². The number of rotatable bonds is 4. The predicted molar refractivity (Wildman–Crippen MR) is 117 cm³/mol. The molecule has 3 aromatic heterocycles. The molecule has 7 rings (SSSR count). The Bertz CT molecular complexity index is 1410. The van der Waals surface area contributed by atoms with Gasteiger partial charge >= 0.3 is 0 Å². The summed E-state index contributed by atoms with van der Waals surface area (Å²) in [5.74, 6) is 2.71. The Kier molecular flexibility index (Phi) is 3.68. The molecule has 2 fully saturated rings. The minimum absolute atomic E-state index is 0.164. The molecule has 3 atom stereocenters. The molecule has 1 saturated heterocycles. The van der Waals surface area contributed by atoms with Crippen LogP contribution in [0.15, 0.2) is 40.2 Å². The second-order valence-electron chi connectivity index (χ2n) is 9.32. The summed E-state index contributed by atoms with van der Waals surface area (Å²) < 4.78 is 8.66. The van der Waals surface area contributed by atoms with Crippen LogP contribution < -0.4 is 10.5 Å². The van der Waals surface area contributed by atoms with Crippen molar-refractivity contribution in [3.8, 4) is 0 Å². The van der Waals surface area contributed by atoms with Crippen molar-refractivity contribution in [1.82, 2.24) is 29.2 Å². The molecular formula is C23H23N7O2. The molecule has 0 spiro atoms. The summed E-state index contributed by atoms with van der Waals surface area (Å²) >= 11 is 0. The van der Waals surface area contributed by atoms with Crippen molar-refractivity contribution in [2.75, 3.05) is 18.0 Å². The molecule has 162 valence electrons. The minimum atomic E-state index is -0.164. The van der Waals surface area contributed by atoms with Crippen LogP contribution in [0.3, 0.4) is 0 Å². The van der Waals surface area contributed by atoms with Gasteiger partial charge in [-0.15, -0.1) is 0 Å². The highest BCUT2D eigenvalue weighted by Crippen LogP contribution is 2.58. The fourth-order valence-electron chi connectivity index (χ4n) is 5.67. The Morgan fingerprint density at radius 3 is 2.78 bits per heavy atom. The maximum absolute atomic E-state index is 12.7. The summed E-state index contributed by atoms with van der Waals surface area (Å²) in [6.07, 6.45) is 6.80. The SMILES string of the molecule is Cn1cnc2ncn(Cc3nc(C4[C@H]5CN(c6ccc7c(c6)CCC7)C[C@@H]45)no3)c(=O)c21. The minimum Gasteiger partial charge on any atom is -0.371 e. The summed E-state index contributed by atoms with van der Waals surface area (Å²) in [4.78, 5) is 28.2. The quantitative estimate of drug-likeness (QED) is 0.489. The van der Waals surface area contributed by atoms with E-state index in [1.165, 1.54) is 47.0 Å². The van der Waals surface area contributed by atoms with Gasteiger partial charge in [-0.05, 0) is 54.4 Å². The van der Waals surface area contributed by atoms with E-state index in [2.05, 4.69) is 43.2 Å². The zero-order valence-electron chi connectivity index (χ0n) is 17.8. The Morgan fingerprint density at radius 2 is 1.91 bits per heavy atom. The van der Waals surface area contributed by atoms with E-state index < -0.39 is 0 Å². The van der Waals surface area contributed by atoms with Crippen LogP contribution in [0.5, 0.6) is 0 Å². The van der Waals surface area contributed by atoms with Crippen molar-refractivity contribution in [1.29, 1.82) is 0 Å². The van der Waals surface area contributed by atoms with Gasteiger partial charge < -0.3 is 14.0 Å². The number of nitrogens with zero attached hydrogens (tertiary/aromatic N) is 7. The maximum atomic E-state index is 12.7. The number of imidazole rings is 1. The number of benzene rings is 1. The lowest BCUT2D eigenvalue weighted by molar-refractivity contribution is 0.363. The second kappa shape index (κ2) is 6.51. The standard InChI is InChI=1S/C23H23N7O2/c1-28-11-24-22-20(28)23(31)30(12-25-22)10-18-26-21(27-32-18)19-16-8-29(9-17(16)19)15-6-5-13-3-2-4-14(13)7-15/h5-7,11-12,16-17,19H,2-4,8-10H2,1H3/t16-,17+,19?. The molecule has 0 N–H and O–H groups in total. The van der Waals surface area contributed by atoms with Crippen LogP contribution in [-0.4, -0.2) is 42.3 Å². The number of aryl methyl sites for hydroxylation is 3. The zero-order valence-corrected chi connectivity index (χ0v) is 17.8. The summed E-state index contributed by atoms with van der Waals surface area (Å²) in [6, 6.07) is 6.98. The van der Waals surface area contributed by atoms with Gasteiger partial charge in [-0.2, -0.15) is 4.98 Å². The molecule has 3 aliphatic rings. The first-order valence-corrected chi connectivity index (χ1v) is 11.2. The molecule has 0 radical (unpaired) electrons. The number of aromatic nitrogens is 6. The number of anilines is 1. The number of fused-ring (bicyclic) bond motifs is 3. The molecule has 1 aliphatic heterocycles. The largest absolute Gasteiger partial charge is 0.371 e. The third-order valence-corrected chi connectivity index (χ3v) is 7.43. The van der Waals surface area contributed by atoms with Gasteiger partial charge in [-0.25, -0.2) is 9.97 Å².